The summed E-state index contributed by atoms with van der Waals surface area (Å²) in [4.78, 5) is 117. The highest BCUT2D eigenvalue weighted by atomic mass is 35.5. The summed E-state index contributed by atoms with van der Waals surface area (Å²) in [6.07, 6.45) is 1.91. The Morgan fingerprint density at radius 1 is 0.940 bits per heavy atom. The predicted molar refractivity (Wildman–Crippen MR) is 256 cm³/mol. The maximum atomic E-state index is 14.7. The van der Waals surface area contributed by atoms with E-state index in [2.05, 4.69) is 37.0 Å². The van der Waals surface area contributed by atoms with Crippen molar-refractivity contribution in [2.24, 2.45) is 22.4 Å². The van der Waals surface area contributed by atoms with Crippen molar-refractivity contribution in [1.82, 2.24) is 41.9 Å². The topological polar surface area (TPSA) is 300 Å². The first kappa shape index (κ1) is 54.2. The van der Waals surface area contributed by atoms with Gasteiger partial charge in [-0.3, -0.25) is 48.8 Å². The molecule has 2 aliphatic heterocycles. The van der Waals surface area contributed by atoms with Gasteiger partial charge in [-0.15, -0.1) is 11.3 Å². The predicted octanol–water partition coefficient (Wildman–Crippen LogP) is 0.0988. The molecule has 368 valence electrons. The number of hydrogen-bond donors (Lipinski definition) is 9. The Balaban J connectivity index is 1.67. The molecule has 2 saturated heterocycles. The van der Waals surface area contributed by atoms with Crippen LogP contribution in [0, 0.1) is 5.92 Å². The van der Waals surface area contributed by atoms with Crippen LogP contribution in [0.3, 0.4) is 0 Å². The average molecular weight is 991 g/mol. The van der Waals surface area contributed by atoms with E-state index in [9.17, 15) is 43.5 Å². The second-order valence-electron chi connectivity index (χ2n) is 16.9. The lowest BCUT2D eigenvalue weighted by atomic mass is 10.0. The van der Waals surface area contributed by atoms with Gasteiger partial charge in [0.15, 0.2) is 5.96 Å². The SMILES string of the molecule is CC(=O)NN1C(=O)[C@H](C)NC(=O)[C@@H](C(C)C)NC(=O)[C@H](Cc2cccs2)NC(=O)[C@H](Cc2ccc(Cl)cc2)NC(=O)CCCSC[C@H]1C(=O)N1CCC[C@H]1C(=O)N[C@H](CO)CCCN=C(N)N. The van der Waals surface area contributed by atoms with Gasteiger partial charge >= 0.3 is 0 Å². The fraction of sp³-hybridized carbons (Fsp3) is 0.568. The number of hydrazine groups is 1. The van der Waals surface area contributed by atoms with E-state index in [0.717, 1.165) is 16.8 Å². The summed E-state index contributed by atoms with van der Waals surface area (Å²) in [6.45, 7) is 5.96. The van der Waals surface area contributed by atoms with Gasteiger partial charge in [0.25, 0.3) is 5.91 Å². The van der Waals surface area contributed by atoms with Gasteiger partial charge in [-0.2, -0.15) is 11.8 Å². The van der Waals surface area contributed by atoms with Crippen molar-refractivity contribution in [1.29, 1.82) is 0 Å². The number of carbonyl (C=O) groups is 8. The van der Waals surface area contributed by atoms with Gasteiger partial charge in [0.2, 0.25) is 41.4 Å². The van der Waals surface area contributed by atoms with E-state index in [-0.39, 0.29) is 63.5 Å². The second kappa shape index (κ2) is 26.8. The Hall–Kier alpha value is -5.45. The molecule has 23 heteroatoms. The average Bonchev–Trinajstić information content (AvgIpc) is 3.99. The van der Waals surface area contributed by atoms with Gasteiger partial charge in [0.05, 0.1) is 12.6 Å². The minimum absolute atomic E-state index is 0.0328. The summed E-state index contributed by atoms with van der Waals surface area (Å²) in [5.74, 6) is -5.67. The number of aliphatic imine (C=N–C) groups is 1. The third-order valence-corrected chi connectivity index (χ3v) is 13.4. The molecule has 1 aromatic heterocycles. The number of nitrogens with two attached hydrogens (primary N) is 2. The van der Waals surface area contributed by atoms with Crippen molar-refractivity contribution in [2.45, 2.75) is 121 Å². The van der Waals surface area contributed by atoms with E-state index in [0.29, 0.717) is 35.6 Å². The molecule has 4 rings (SSSR count). The maximum Gasteiger partial charge on any atom is 0.264 e. The number of rotatable bonds is 14. The molecule has 2 aliphatic rings. The minimum Gasteiger partial charge on any atom is -0.394 e. The standard InChI is InChI=1S/C44H64ClN11O9S2/c1-25(2)37-41(63)49-26(3)42(64)56(54-27(4)58)35(43(65)55-18-6-11-34(55)40(62)50-30(23-57)9-5-17-48-44(46)47)24-66-19-8-12-36(59)51-32(21-28-13-15-29(45)16-14-28)38(60)52-33(39(61)53-37)22-31-10-7-20-67-31/h7,10,13-16,20,25-26,30,32-35,37,57H,5-6,8-9,11-12,17-19,21-24H2,1-4H3,(H,49,63)(H,50,62)(H,51,59)(H,52,60)(H,53,61)(H,54,58)(H4,46,47,48)/t26-,30-,32-,33-,34-,35-,37+/m0/s1. The van der Waals surface area contributed by atoms with Crippen molar-refractivity contribution in [3.63, 3.8) is 0 Å². The molecule has 20 nitrogen and oxygen atoms in total. The molecule has 8 amide bonds. The molecule has 11 N–H and O–H groups in total. The van der Waals surface area contributed by atoms with Crippen LogP contribution in [0.4, 0.5) is 0 Å². The van der Waals surface area contributed by atoms with Crippen LogP contribution in [0.25, 0.3) is 0 Å². The number of carbonyl (C=O) groups excluding carboxylic acids is 8. The number of halogens is 1. The quantitative estimate of drug-likeness (QED) is 0.0692. The molecule has 0 aliphatic carbocycles. The number of likely N-dealkylation sites (tertiary alicyclic amines) is 1. The molecule has 0 saturated carbocycles. The van der Waals surface area contributed by atoms with E-state index in [1.54, 1.807) is 50.2 Å². The number of benzene rings is 1. The first-order chi connectivity index (χ1) is 31.9. The minimum atomic E-state index is -1.40. The van der Waals surface area contributed by atoms with Crippen LogP contribution in [0.1, 0.15) is 76.7 Å². The van der Waals surface area contributed by atoms with Gasteiger partial charge in [-0.25, -0.2) is 5.01 Å². The van der Waals surface area contributed by atoms with Gasteiger partial charge in [-0.05, 0) is 79.8 Å². The molecular formula is C44H64ClN11O9S2. The van der Waals surface area contributed by atoms with E-state index in [1.807, 2.05) is 5.38 Å². The van der Waals surface area contributed by atoms with Gasteiger partial charge in [0.1, 0.15) is 36.3 Å². The lowest BCUT2D eigenvalue weighted by Gasteiger charge is -2.36. The van der Waals surface area contributed by atoms with Gasteiger partial charge < -0.3 is 48.1 Å². The van der Waals surface area contributed by atoms with Crippen molar-refractivity contribution in [2.75, 3.05) is 31.2 Å². The summed E-state index contributed by atoms with van der Waals surface area (Å²) in [6, 6.07) is 2.48. The largest absolute Gasteiger partial charge is 0.394 e. The number of nitrogens with one attached hydrogen (secondary N) is 6. The number of hydrogen-bond acceptors (Lipinski definition) is 12. The molecule has 1 aromatic carbocycles. The fourth-order valence-corrected chi connectivity index (χ4v) is 9.50. The molecular weight excluding hydrogens is 926 g/mol. The maximum absolute atomic E-state index is 14.7. The molecule has 7 atom stereocenters. The molecule has 3 heterocycles. The van der Waals surface area contributed by atoms with Crippen molar-refractivity contribution >= 4 is 87.9 Å². The van der Waals surface area contributed by atoms with Crippen LogP contribution in [0.5, 0.6) is 0 Å². The molecule has 0 bridgehead atoms. The lowest BCUT2D eigenvalue weighted by molar-refractivity contribution is -0.154. The van der Waals surface area contributed by atoms with Crippen LogP contribution in [-0.2, 0) is 51.2 Å². The van der Waals surface area contributed by atoms with E-state index >= 15 is 0 Å². The Bertz CT molecular complexity index is 2060. The van der Waals surface area contributed by atoms with Gasteiger partial charge in [-0.1, -0.05) is 43.6 Å². The Morgan fingerprint density at radius 3 is 2.28 bits per heavy atom. The van der Waals surface area contributed by atoms with E-state index < -0.39 is 95.5 Å². The Labute approximate surface area is 403 Å². The monoisotopic (exact) mass is 989 g/mol. The zero-order valence-corrected chi connectivity index (χ0v) is 40.6. The third kappa shape index (κ3) is 17.0. The van der Waals surface area contributed by atoms with Crippen molar-refractivity contribution in [3.05, 3.63) is 57.2 Å². The summed E-state index contributed by atoms with van der Waals surface area (Å²) < 4.78 is 0. The molecule has 0 radical (unpaired) electrons. The summed E-state index contributed by atoms with van der Waals surface area (Å²) in [5, 5.41) is 27.1. The van der Waals surface area contributed by atoms with Crippen LogP contribution >= 0.6 is 34.7 Å². The molecule has 0 unspecified atom stereocenters. The normalized spacial score (nSPS) is 23.3. The smallest absolute Gasteiger partial charge is 0.264 e. The summed E-state index contributed by atoms with van der Waals surface area (Å²) in [7, 11) is 0. The van der Waals surface area contributed by atoms with Gasteiger partial charge in [0, 0.05) is 54.9 Å². The lowest BCUT2D eigenvalue weighted by Crippen LogP contribution is -2.64. The summed E-state index contributed by atoms with van der Waals surface area (Å²) >= 11 is 8.72. The van der Waals surface area contributed by atoms with Crippen LogP contribution in [0.2, 0.25) is 5.02 Å². The molecule has 2 aromatic rings. The van der Waals surface area contributed by atoms with Crippen LogP contribution < -0.4 is 43.5 Å². The number of amides is 8. The van der Waals surface area contributed by atoms with Crippen LogP contribution in [0.15, 0.2) is 46.8 Å². The fourth-order valence-electron chi connectivity index (χ4n) is 7.59. The second-order valence-corrected chi connectivity index (χ2v) is 19.5. The first-order valence-electron chi connectivity index (χ1n) is 22.3. The summed E-state index contributed by atoms with van der Waals surface area (Å²) in [5.41, 5.74) is 14.0. The van der Waals surface area contributed by atoms with E-state index in [1.165, 1.54) is 34.9 Å². The molecule has 67 heavy (non-hydrogen) atoms. The zero-order chi connectivity index (χ0) is 49.2. The van der Waals surface area contributed by atoms with Crippen LogP contribution in [-0.4, -0.2) is 142 Å². The number of thiophene rings is 1. The highest BCUT2D eigenvalue weighted by Crippen LogP contribution is 2.23. The Kier molecular flexibility index (Phi) is 21.6. The number of guanidine groups is 1. The first-order valence-corrected chi connectivity index (χ1v) is 24.7. The Morgan fingerprint density at radius 2 is 1.64 bits per heavy atom. The number of thioether (sulfide) groups is 1. The molecule has 2 fully saturated rings. The zero-order valence-electron chi connectivity index (χ0n) is 38.3. The highest BCUT2D eigenvalue weighted by Gasteiger charge is 2.43. The van der Waals surface area contributed by atoms with E-state index in [4.69, 9.17) is 23.1 Å². The third-order valence-electron chi connectivity index (χ3n) is 11.1. The number of nitrogens with zero attached hydrogens (tertiary/aromatic N) is 3. The molecule has 0 spiro atoms. The number of aliphatic hydroxyl groups excluding tert-OH is 1. The van der Waals surface area contributed by atoms with Crippen molar-refractivity contribution in [3.8, 4) is 0 Å². The number of aliphatic hydroxyl groups is 1. The highest BCUT2D eigenvalue weighted by molar-refractivity contribution is 7.99. The van der Waals surface area contributed by atoms with Crippen molar-refractivity contribution < 1.29 is 43.5 Å².